The molecule has 1 fully saturated rings. The number of nitrogens with zero attached hydrogens (tertiary/aromatic N) is 3. The number of pyridine rings is 1. The molecule has 2 aromatic carbocycles. The topological polar surface area (TPSA) is 106 Å². The zero-order chi connectivity index (χ0) is 26.6. The van der Waals surface area contributed by atoms with Crippen molar-refractivity contribution >= 4 is 34.4 Å². The van der Waals surface area contributed by atoms with Crippen LogP contribution in [0.4, 0.5) is 0 Å². The summed E-state index contributed by atoms with van der Waals surface area (Å²) in [7, 11) is 0. The Morgan fingerprint density at radius 2 is 1.84 bits per heavy atom. The zero-order valence-electron chi connectivity index (χ0n) is 21.1. The summed E-state index contributed by atoms with van der Waals surface area (Å²) in [5.41, 5.74) is 4.27. The van der Waals surface area contributed by atoms with E-state index in [1.54, 1.807) is 24.5 Å². The van der Waals surface area contributed by atoms with Gasteiger partial charge in [-0.3, -0.25) is 14.3 Å². The second-order valence-electron chi connectivity index (χ2n) is 9.57. The first-order valence-electron chi connectivity index (χ1n) is 12.8. The molecule has 0 unspecified atom stereocenters. The number of ether oxygens (including phenoxy) is 1. The van der Waals surface area contributed by atoms with E-state index in [2.05, 4.69) is 15.4 Å². The molecule has 0 aliphatic heterocycles. The van der Waals surface area contributed by atoms with Crippen molar-refractivity contribution in [1.82, 2.24) is 20.1 Å². The fraction of sp³-hybridized carbons (Fsp3) is 0.310. The molecule has 2 aromatic heterocycles. The van der Waals surface area contributed by atoms with Gasteiger partial charge in [-0.05, 0) is 67.5 Å². The van der Waals surface area contributed by atoms with Crippen LogP contribution >= 0.6 is 11.6 Å². The molecule has 0 radical (unpaired) electrons. The van der Waals surface area contributed by atoms with E-state index in [1.807, 2.05) is 48.0 Å². The molecule has 5 rings (SSSR count). The molecule has 1 amide bonds. The summed E-state index contributed by atoms with van der Waals surface area (Å²) in [5.74, 6) is -0.730. The molecule has 2 N–H and O–H groups in total. The maximum atomic E-state index is 13.3. The highest BCUT2D eigenvalue weighted by atomic mass is 35.5. The Kier molecular flexibility index (Phi) is 7.60. The third-order valence-corrected chi connectivity index (χ3v) is 7.22. The monoisotopic (exact) mass is 532 g/mol. The second kappa shape index (κ2) is 11.2. The number of aromatic nitrogens is 3. The number of amides is 1. The van der Waals surface area contributed by atoms with Gasteiger partial charge < -0.3 is 15.2 Å². The summed E-state index contributed by atoms with van der Waals surface area (Å²) in [6.07, 6.45) is 5.86. The number of aliphatic carboxylic acids is 1. The lowest BCUT2D eigenvalue weighted by Crippen LogP contribution is -2.38. The Hall–Kier alpha value is -3.91. The molecule has 1 saturated carbocycles. The van der Waals surface area contributed by atoms with Crippen LogP contribution in [0.5, 0.6) is 5.88 Å². The number of carbonyl (C=O) groups excluding carboxylic acids is 1. The Balaban J connectivity index is 1.35. The van der Waals surface area contributed by atoms with Crippen molar-refractivity contribution in [3.05, 3.63) is 77.1 Å². The number of carboxylic acids is 1. The minimum Gasteiger partial charge on any atom is -0.481 e. The second-order valence-corrected chi connectivity index (χ2v) is 10.0. The molecule has 0 atom stereocenters. The van der Waals surface area contributed by atoms with Crippen molar-refractivity contribution in [2.75, 3.05) is 6.61 Å². The summed E-state index contributed by atoms with van der Waals surface area (Å²) in [6.45, 7) is 2.97. The van der Waals surface area contributed by atoms with Gasteiger partial charge in [-0.15, -0.1) is 0 Å². The lowest BCUT2D eigenvalue weighted by Gasteiger charge is -2.27. The molecule has 38 heavy (non-hydrogen) atoms. The standard InChI is InChI=1S/C29H29ClN4O4/c1-2-38-26-14-21(11-12-31-26)19-5-3-18(4-6-19)17-34-27-22(16-32-34)13-23(30)15-25(27)28(35)33-24-9-7-20(8-10-24)29(36)37/h3-6,11-16,20,24H,2,7-10,17H2,1H3,(H,33,35)(H,36,37). The average Bonchev–Trinajstić information content (AvgIpc) is 3.31. The van der Waals surface area contributed by atoms with Gasteiger partial charge >= 0.3 is 5.97 Å². The molecule has 4 aromatic rings. The maximum Gasteiger partial charge on any atom is 0.306 e. The molecule has 196 valence electrons. The van der Waals surface area contributed by atoms with Crippen molar-refractivity contribution in [1.29, 1.82) is 0 Å². The molecule has 9 heteroatoms. The summed E-state index contributed by atoms with van der Waals surface area (Å²) in [5, 5.41) is 18.1. The normalized spacial score (nSPS) is 17.3. The molecule has 1 aliphatic carbocycles. The number of rotatable bonds is 8. The van der Waals surface area contributed by atoms with E-state index < -0.39 is 5.97 Å². The highest BCUT2D eigenvalue weighted by molar-refractivity contribution is 6.32. The van der Waals surface area contributed by atoms with E-state index in [9.17, 15) is 14.7 Å². The Labute approximate surface area is 225 Å². The highest BCUT2D eigenvalue weighted by Crippen LogP contribution is 2.28. The molecule has 1 aliphatic rings. The summed E-state index contributed by atoms with van der Waals surface area (Å²) >= 11 is 6.34. The van der Waals surface area contributed by atoms with E-state index in [0.717, 1.165) is 22.1 Å². The predicted molar refractivity (Wildman–Crippen MR) is 146 cm³/mol. The van der Waals surface area contributed by atoms with Gasteiger partial charge in [-0.25, -0.2) is 4.98 Å². The molecular formula is C29H29ClN4O4. The minimum atomic E-state index is -0.765. The van der Waals surface area contributed by atoms with Crippen molar-refractivity contribution in [2.45, 2.75) is 45.2 Å². The SMILES string of the molecule is CCOc1cc(-c2ccc(Cn3ncc4cc(Cl)cc(C(=O)NC5CCC(C(=O)O)CC5)c43)cc2)ccn1. The number of hydrogen-bond acceptors (Lipinski definition) is 5. The van der Waals surface area contributed by atoms with Crippen molar-refractivity contribution in [3.63, 3.8) is 0 Å². The van der Waals surface area contributed by atoms with Gasteiger partial charge in [0.1, 0.15) is 0 Å². The number of fused-ring (bicyclic) bond motifs is 1. The molecule has 2 heterocycles. The van der Waals surface area contributed by atoms with Gasteiger partial charge in [0.05, 0.1) is 36.3 Å². The van der Waals surface area contributed by atoms with Gasteiger partial charge in [0.25, 0.3) is 5.91 Å². The molecular weight excluding hydrogens is 504 g/mol. The van der Waals surface area contributed by atoms with Crippen LogP contribution in [-0.2, 0) is 11.3 Å². The lowest BCUT2D eigenvalue weighted by molar-refractivity contribution is -0.142. The van der Waals surface area contributed by atoms with Crippen LogP contribution in [0.1, 0.15) is 48.5 Å². The summed E-state index contributed by atoms with van der Waals surface area (Å²) in [4.78, 5) is 28.8. The van der Waals surface area contributed by atoms with Crippen molar-refractivity contribution in [3.8, 4) is 17.0 Å². The third-order valence-electron chi connectivity index (χ3n) is 7.00. The lowest BCUT2D eigenvalue weighted by atomic mass is 9.86. The summed E-state index contributed by atoms with van der Waals surface area (Å²) < 4.78 is 7.33. The van der Waals surface area contributed by atoms with Gasteiger partial charge in [0.15, 0.2) is 0 Å². The Morgan fingerprint density at radius 1 is 1.08 bits per heavy atom. The highest BCUT2D eigenvalue weighted by Gasteiger charge is 2.27. The fourth-order valence-electron chi connectivity index (χ4n) is 5.03. The molecule has 0 saturated heterocycles. The smallest absolute Gasteiger partial charge is 0.306 e. The average molecular weight is 533 g/mol. The number of nitrogens with one attached hydrogen (secondary N) is 1. The van der Waals surface area contributed by atoms with E-state index in [0.29, 0.717) is 60.8 Å². The van der Waals surface area contributed by atoms with Crippen LogP contribution in [0.15, 0.2) is 60.9 Å². The fourth-order valence-corrected chi connectivity index (χ4v) is 5.26. The minimum absolute atomic E-state index is 0.0625. The van der Waals surface area contributed by atoms with Gasteiger partial charge in [0, 0.05) is 28.7 Å². The van der Waals surface area contributed by atoms with Gasteiger partial charge in [-0.1, -0.05) is 35.9 Å². The van der Waals surface area contributed by atoms with E-state index >= 15 is 0 Å². The first kappa shape index (κ1) is 25.7. The number of halogens is 1. The number of hydrogen-bond donors (Lipinski definition) is 2. The molecule has 0 spiro atoms. The molecule has 8 nitrogen and oxygen atoms in total. The van der Waals surface area contributed by atoms with Gasteiger partial charge in [-0.2, -0.15) is 5.10 Å². The van der Waals surface area contributed by atoms with Crippen LogP contribution in [-0.4, -0.2) is 44.4 Å². The Bertz CT molecular complexity index is 1460. The van der Waals surface area contributed by atoms with Gasteiger partial charge in [0.2, 0.25) is 5.88 Å². The third kappa shape index (κ3) is 5.65. The first-order chi connectivity index (χ1) is 18.4. The van der Waals surface area contributed by atoms with Crippen LogP contribution in [0.2, 0.25) is 5.02 Å². The van der Waals surface area contributed by atoms with E-state index in [4.69, 9.17) is 16.3 Å². The Morgan fingerprint density at radius 3 is 2.55 bits per heavy atom. The first-order valence-corrected chi connectivity index (χ1v) is 13.2. The number of carboxylic acid groups (broad SMARTS) is 1. The zero-order valence-corrected chi connectivity index (χ0v) is 21.8. The number of benzene rings is 2. The van der Waals surface area contributed by atoms with Crippen molar-refractivity contribution < 1.29 is 19.4 Å². The maximum absolute atomic E-state index is 13.3. The van der Waals surface area contributed by atoms with Crippen LogP contribution in [0, 0.1) is 5.92 Å². The largest absolute Gasteiger partial charge is 0.481 e. The van der Waals surface area contributed by atoms with E-state index in [-0.39, 0.29) is 17.9 Å². The van der Waals surface area contributed by atoms with Crippen molar-refractivity contribution in [2.24, 2.45) is 5.92 Å². The quantitative estimate of drug-likeness (QED) is 0.307. The molecule has 0 bridgehead atoms. The number of carbonyl (C=O) groups is 2. The van der Waals surface area contributed by atoms with E-state index in [1.165, 1.54) is 0 Å². The predicted octanol–water partition coefficient (Wildman–Crippen LogP) is 5.57. The van der Waals surface area contributed by atoms with Crippen LogP contribution in [0.25, 0.3) is 22.0 Å². The van der Waals surface area contributed by atoms with Crippen LogP contribution in [0.3, 0.4) is 0 Å². The van der Waals surface area contributed by atoms with Crippen LogP contribution < -0.4 is 10.1 Å². The summed E-state index contributed by atoms with van der Waals surface area (Å²) in [6, 6.07) is 15.4.